The van der Waals surface area contributed by atoms with Crippen LogP contribution in [-0.2, 0) is 4.79 Å². The summed E-state index contributed by atoms with van der Waals surface area (Å²) in [5.41, 5.74) is 0. The van der Waals surface area contributed by atoms with Crippen LogP contribution in [0.2, 0.25) is 0 Å². The Balaban J connectivity index is 1.73. The number of carboxylic acids is 1. The van der Waals surface area contributed by atoms with Crippen LogP contribution in [0, 0.1) is 5.92 Å². The van der Waals surface area contributed by atoms with E-state index < -0.39 is 5.97 Å². The Morgan fingerprint density at radius 2 is 1.88 bits per heavy atom. The van der Waals surface area contributed by atoms with Crippen LogP contribution in [0.5, 0.6) is 0 Å². The summed E-state index contributed by atoms with van der Waals surface area (Å²) in [6.07, 6.45) is 9.08. The largest absolute Gasteiger partial charge is 0.481 e. The van der Waals surface area contributed by atoms with E-state index in [0.717, 1.165) is 18.1 Å². The monoisotopic (exact) mass is 243 g/mol. The molecule has 0 amide bonds. The van der Waals surface area contributed by atoms with Crippen LogP contribution in [0.25, 0.3) is 0 Å². The van der Waals surface area contributed by atoms with Crippen LogP contribution in [-0.4, -0.2) is 34.7 Å². The van der Waals surface area contributed by atoms with Crippen molar-refractivity contribution in [1.29, 1.82) is 0 Å². The average Bonchev–Trinajstić information content (AvgIpc) is 2.24. The van der Waals surface area contributed by atoms with Gasteiger partial charge in [0.05, 0.1) is 5.92 Å². The molecule has 2 rings (SSSR count). The molecule has 2 aliphatic rings. The second-order valence-corrected chi connectivity index (χ2v) is 6.14. The number of rotatable bonds is 4. The summed E-state index contributed by atoms with van der Waals surface area (Å²) in [6.45, 7) is 0. The molecule has 92 valence electrons. The number of thioether (sulfide) groups is 1. The van der Waals surface area contributed by atoms with Gasteiger partial charge in [0.15, 0.2) is 0 Å². The summed E-state index contributed by atoms with van der Waals surface area (Å²) >= 11 is 1.97. The Morgan fingerprint density at radius 1 is 1.19 bits per heavy atom. The van der Waals surface area contributed by atoms with Gasteiger partial charge in [-0.15, -0.1) is 0 Å². The van der Waals surface area contributed by atoms with E-state index in [1.807, 2.05) is 11.8 Å². The second kappa shape index (κ2) is 5.41. The molecule has 0 saturated heterocycles. The first-order valence-electron chi connectivity index (χ1n) is 6.22. The lowest BCUT2D eigenvalue weighted by Crippen LogP contribution is -2.52. The zero-order valence-electron chi connectivity index (χ0n) is 9.82. The molecule has 4 heteroatoms. The van der Waals surface area contributed by atoms with E-state index in [0.29, 0.717) is 6.04 Å². The maximum Gasteiger partial charge on any atom is 0.308 e. The molecule has 2 N–H and O–H groups in total. The predicted molar refractivity (Wildman–Crippen MR) is 66.8 cm³/mol. The molecular formula is C12H21NO2S. The molecule has 2 saturated carbocycles. The first-order chi connectivity index (χ1) is 7.70. The molecule has 0 heterocycles. The molecule has 0 radical (unpaired) electrons. The smallest absolute Gasteiger partial charge is 0.308 e. The first kappa shape index (κ1) is 12.2. The average molecular weight is 243 g/mol. The van der Waals surface area contributed by atoms with Crippen molar-refractivity contribution in [3.8, 4) is 0 Å². The lowest BCUT2D eigenvalue weighted by atomic mass is 9.78. The summed E-state index contributed by atoms with van der Waals surface area (Å²) in [4.78, 5) is 10.9. The van der Waals surface area contributed by atoms with E-state index in [2.05, 4.69) is 11.6 Å². The Labute approximate surface area is 101 Å². The molecule has 0 aliphatic heterocycles. The number of aliphatic carboxylic acids is 1. The third-order valence-electron chi connectivity index (χ3n) is 4.05. The van der Waals surface area contributed by atoms with E-state index in [-0.39, 0.29) is 12.0 Å². The molecular weight excluding hydrogens is 222 g/mol. The van der Waals surface area contributed by atoms with Crippen molar-refractivity contribution in [1.82, 2.24) is 5.32 Å². The van der Waals surface area contributed by atoms with Gasteiger partial charge in [-0.05, 0) is 44.8 Å². The Hall–Kier alpha value is -0.220. The molecule has 2 unspecified atom stereocenters. The van der Waals surface area contributed by atoms with Gasteiger partial charge in [0.1, 0.15) is 0 Å². The summed E-state index contributed by atoms with van der Waals surface area (Å²) in [5.74, 6) is -0.750. The number of hydrogen-bond donors (Lipinski definition) is 2. The Morgan fingerprint density at radius 3 is 2.31 bits per heavy atom. The van der Waals surface area contributed by atoms with Gasteiger partial charge in [0.25, 0.3) is 0 Å². The minimum absolute atomic E-state index is 0.127. The highest BCUT2D eigenvalue weighted by Gasteiger charge is 2.37. The van der Waals surface area contributed by atoms with Crippen LogP contribution in [0.15, 0.2) is 0 Å². The minimum Gasteiger partial charge on any atom is -0.481 e. The number of carboxylic acid groups (broad SMARTS) is 1. The highest BCUT2D eigenvalue weighted by Crippen LogP contribution is 2.31. The highest BCUT2D eigenvalue weighted by molar-refractivity contribution is 7.99. The third-order valence-corrected chi connectivity index (χ3v) is 5.19. The lowest BCUT2D eigenvalue weighted by Gasteiger charge is -2.39. The highest BCUT2D eigenvalue weighted by atomic mass is 32.2. The molecule has 0 aromatic rings. The molecule has 0 aromatic heterocycles. The zero-order chi connectivity index (χ0) is 11.5. The van der Waals surface area contributed by atoms with E-state index in [9.17, 15) is 4.79 Å². The molecule has 3 nitrogen and oxygen atoms in total. The van der Waals surface area contributed by atoms with Crippen molar-refractivity contribution in [2.75, 3.05) is 6.26 Å². The van der Waals surface area contributed by atoms with Gasteiger partial charge in [0, 0.05) is 17.3 Å². The van der Waals surface area contributed by atoms with Crippen molar-refractivity contribution in [3.05, 3.63) is 0 Å². The fourth-order valence-corrected chi connectivity index (χ4v) is 3.51. The van der Waals surface area contributed by atoms with Crippen LogP contribution >= 0.6 is 11.8 Å². The van der Waals surface area contributed by atoms with E-state index in [1.165, 1.54) is 25.7 Å². The molecule has 2 atom stereocenters. The standard InChI is InChI=1S/C12H21NO2S/c1-16-9-4-2-8(3-5-9)13-11-7-6-10(11)12(14)15/h8-11,13H,2-7H2,1H3,(H,14,15). The predicted octanol–water partition coefficient (Wildman–Crippen LogP) is 2.11. The summed E-state index contributed by atoms with van der Waals surface area (Å²) in [7, 11) is 0. The quantitative estimate of drug-likeness (QED) is 0.794. The van der Waals surface area contributed by atoms with E-state index >= 15 is 0 Å². The first-order valence-corrected chi connectivity index (χ1v) is 7.51. The molecule has 2 fully saturated rings. The summed E-state index contributed by atoms with van der Waals surface area (Å²) < 4.78 is 0. The molecule has 0 spiro atoms. The lowest BCUT2D eigenvalue weighted by molar-refractivity contribution is -0.146. The van der Waals surface area contributed by atoms with Crippen molar-refractivity contribution in [2.24, 2.45) is 5.92 Å². The fourth-order valence-electron chi connectivity index (χ4n) is 2.76. The van der Waals surface area contributed by atoms with Gasteiger partial charge in [-0.1, -0.05) is 0 Å². The maximum absolute atomic E-state index is 10.9. The van der Waals surface area contributed by atoms with Crippen molar-refractivity contribution in [3.63, 3.8) is 0 Å². The molecule has 0 bridgehead atoms. The van der Waals surface area contributed by atoms with Gasteiger partial charge in [-0.25, -0.2) is 0 Å². The minimum atomic E-state index is -0.624. The van der Waals surface area contributed by atoms with Crippen molar-refractivity contribution in [2.45, 2.75) is 55.9 Å². The zero-order valence-corrected chi connectivity index (χ0v) is 10.6. The number of nitrogens with one attached hydrogen (secondary N) is 1. The van der Waals surface area contributed by atoms with Crippen LogP contribution in [0.1, 0.15) is 38.5 Å². The number of carbonyl (C=O) groups is 1. The van der Waals surface area contributed by atoms with Crippen LogP contribution in [0.3, 0.4) is 0 Å². The Kier molecular flexibility index (Phi) is 4.14. The third kappa shape index (κ3) is 2.72. The normalized spacial score (nSPS) is 39.1. The summed E-state index contributed by atoms with van der Waals surface area (Å²) in [6, 6.07) is 0.809. The van der Waals surface area contributed by atoms with Crippen molar-refractivity contribution < 1.29 is 9.90 Å². The van der Waals surface area contributed by atoms with Crippen molar-refractivity contribution >= 4 is 17.7 Å². The topological polar surface area (TPSA) is 49.3 Å². The maximum atomic E-state index is 10.9. The van der Waals surface area contributed by atoms with Gasteiger partial charge < -0.3 is 10.4 Å². The SMILES string of the molecule is CSC1CCC(NC2CCC2C(=O)O)CC1. The molecule has 2 aliphatic carbocycles. The Bertz CT molecular complexity index is 251. The van der Waals surface area contributed by atoms with Crippen LogP contribution in [0.4, 0.5) is 0 Å². The second-order valence-electron chi connectivity index (χ2n) is 5.00. The van der Waals surface area contributed by atoms with Gasteiger partial charge >= 0.3 is 5.97 Å². The molecule has 0 aromatic carbocycles. The van der Waals surface area contributed by atoms with E-state index in [4.69, 9.17) is 5.11 Å². The van der Waals surface area contributed by atoms with Gasteiger partial charge in [-0.3, -0.25) is 4.79 Å². The fraction of sp³-hybridized carbons (Fsp3) is 0.917. The van der Waals surface area contributed by atoms with Gasteiger partial charge in [0.2, 0.25) is 0 Å². The van der Waals surface area contributed by atoms with Gasteiger partial charge in [-0.2, -0.15) is 11.8 Å². The summed E-state index contributed by atoms with van der Waals surface area (Å²) in [5, 5.41) is 13.3. The van der Waals surface area contributed by atoms with Crippen LogP contribution < -0.4 is 5.32 Å². The molecule has 16 heavy (non-hydrogen) atoms. The number of hydrogen-bond acceptors (Lipinski definition) is 3. The van der Waals surface area contributed by atoms with E-state index in [1.54, 1.807) is 0 Å².